The summed E-state index contributed by atoms with van der Waals surface area (Å²) in [5.74, 6) is -1.64. The molecule has 22 heavy (non-hydrogen) atoms. The molecule has 3 atom stereocenters. The smallest absolute Gasteiger partial charge is 0.322 e. The number of rotatable bonds is 3. The van der Waals surface area contributed by atoms with Gasteiger partial charge in [-0.1, -0.05) is 11.8 Å². The number of hydrogen-bond acceptors (Lipinski definition) is 6. The van der Waals surface area contributed by atoms with Crippen molar-refractivity contribution in [2.75, 3.05) is 19.5 Å². The summed E-state index contributed by atoms with van der Waals surface area (Å²) in [6, 6.07) is 3.90. The minimum atomic E-state index is -1.54. The Kier molecular flexibility index (Phi) is 3.32. The van der Waals surface area contributed by atoms with Crippen molar-refractivity contribution in [3.05, 3.63) is 29.6 Å². The molecule has 0 saturated heterocycles. The highest BCUT2D eigenvalue weighted by Crippen LogP contribution is 2.66. The van der Waals surface area contributed by atoms with Crippen LogP contribution < -0.4 is 11.5 Å². The zero-order valence-corrected chi connectivity index (χ0v) is 12.6. The van der Waals surface area contributed by atoms with Crippen molar-refractivity contribution >= 4 is 28.6 Å². The molecule has 1 saturated carbocycles. The molecule has 118 valence electrons. The lowest BCUT2D eigenvalue weighted by molar-refractivity contribution is -0.141. The van der Waals surface area contributed by atoms with E-state index in [4.69, 9.17) is 16.2 Å². The van der Waals surface area contributed by atoms with Crippen LogP contribution in [0.5, 0.6) is 0 Å². The first-order valence-corrected chi connectivity index (χ1v) is 7.45. The van der Waals surface area contributed by atoms with Crippen LogP contribution in [0.1, 0.15) is 12.0 Å². The van der Waals surface area contributed by atoms with Crippen molar-refractivity contribution < 1.29 is 18.3 Å². The summed E-state index contributed by atoms with van der Waals surface area (Å²) in [4.78, 5) is 16.2. The highest BCUT2D eigenvalue weighted by molar-refractivity contribution is 8.15. The van der Waals surface area contributed by atoms with Crippen molar-refractivity contribution in [3.8, 4) is 0 Å². The number of carbonyl (C=O) groups is 1. The van der Waals surface area contributed by atoms with Crippen LogP contribution in [0.4, 0.5) is 14.5 Å². The van der Waals surface area contributed by atoms with Crippen LogP contribution in [0.2, 0.25) is 0 Å². The summed E-state index contributed by atoms with van der Waals surface area (Å²) in [5, 5.41) is 0.0404. The van der Waals surface area contributed by atoms with Gasteiger partial charge in [-0.15, -0.1) is 0 Å². The molecule has 8 heteroatoms. The highest BCUT2D eigenvalue weighted by atomic mass is 32.2. The Morgan fingerprint density at radius 2 is 2.27 bits per heavy atom. The number of fused-ring (bicyclic) bond motifs is 1. The van der Waals surface area contributed by atoms with Crippen LogP contribution >= 0.6 is 11.8 Å². The molecule has 1 fully saturated rings. The van der Waals surface area contributed by atoms with Gasteiger partial charge in [-0.05, 0) is 24.6 Å². The van der Waals surface area contributed by atoms with Crippen LogP contribution in [0.15, 0.2) is 23.2 Å². The molecule has 1 heterocycles. The number of alkyl halides is 1. The second-order valence-corrected chi connectivity index (χ2v) is 6.84. The summed E-state index contributed by atoms with van der Waals surface area (Å²) >= 11 is 1.05. The Morgan fingerprint density at radius 3 is 2.91 bits per heavy atom. The monoisotopic (exact) mass is 327 g/mol. The molecular formula is C14H15F2N3O2S. The van der Waals surface area contributed by atoms with E-state index in [1.54, 1.807) is 0 Å². The second kappa shape index (κ2) is 4.84. The Bertz CT molecular complexity index is 684. The van der Waals surface area contributed by atoms with Gasteiger partial charge in [-0.3, -0.25) is 4.79 Å². The largest absolute Gasteiger partial charge is 0.468 e. The van der Waals surface area contributed by atoms with Crippen molar-refractivity contribution in [3.63, 3.8) is 0 Å². The predicted octanol–water partition coefficient (Wildman–Crippen LogP) is 1.57. The Labute approximate surface area is 130 Å². The molecule has 0 aromatic heterocycles. The number of carbonyl (C=O) groups excluding carboxylic acids is 1. The number of esters is 1. The SMILES string of the molecule is COC(=O)[C@@]12CC1[C@@](CF)(c1cc(N)ccc1F)N=C(N)S2. The maximum Gasteiger partial charge on any atom is 0.322 e. The van der Waals surface area contributed by atoms with E-state index in [0.717, 1.165) is 17.8 Å². The number of anilines is 1. The molecule has 3 rings (SSSR count). The van der Waals surface area contributed by atoms with Gasteiger partial charge in [0.1, 0.15) is 22.8 Å². The molecule has 0 radical (unpaired) electrons. The molecular weight excluding hydrogens is 312 g/mol. The average molecular weight is 327 g/mol. The molecule has 1 aromatic rings. The molecule has 2 aliphatic rings. The molecule has 5 nitrogen and oxygen atoms in total. The quantitative estimate of drug-likeness (QED) is 0.649. The predicted molar refractivity (Wildman–Crippen MR) is 80.5 cm³/mol. The lowest BCUT2D eigenvalue weighted by Gasteiger charge is -2.34. The van der Waals surface area contributed by atoms with Crippen molar-refractivity contribution in [1.29, 1.82) is 0 Å². The third-order valence-corrected chi connectivity index (χ3v) is 5.56. The van der Waals surface area contributed by atoms with E-state index in [1.165, 1.54) is 19.2 Å². The van der Waals surface area contributed by atoms with Gasteiger partial charge in [0.2, 0.25) is 0 Å². The third-order valence-electron chi connectivity index (χ3n) is 4.27. The fourth-order valence-corrected chi connectivity index (χ4v) is 4.49. The first-order valence-electron chi connectivity index (χ1n) is 6.64. The van der Waals surface area contributed by atoms with Crippen molar-refractivity contribution in [1.82, 2.24) is 0 Å². The lowest BCUT2D eigenvalue weighted by atomic mass is 9.84. The summed E-state index contributed by atoms with van der Waals surface area (Å²) in [7, 11) is 1.26. The zero-order chi connectivity index (χ0) is 16.1. The van der Waals surface area contributed by atoms with Gasteiger partial charge >= 0.3 is 5.97 Å². The molecule has 4 N–H and O–H groups in total. The van der Waals surface area contributed by atoms with Crippen LogP contribution in [0, 0.1) is 11.7 Å². The highest BCUT2D eigenvalue weighted by Gasteiger charge is 2.73. The van der Waals surface area contributed by atoms with E-state index in [1.807, 2.05) is 0 Å². The van der Waals surface area contributed by atoms with Crippen LogP contribution in [0.3, 0.4) is 0 Å². The van der Waals surface area contributed by atoms with Crippen molar-refractivity contribution in [2.24, 2.45) is 16.6 Å². The number of benzene rings is 1. The van der Waals surface area contributed by atoms with Gasteiger partial charge in [0.25, 0.3) is 0 Å². The normalized spacial score (nSPS) is 32.9. The van der Waals surface area contributed by atoms with Gasteiger partial charge in [-0.2, -0.15) is 0 Å². The first kappa shape index (κ1) is 15.1. The number of aliphatic imine (C=N–C) groups is 1. The number of methoxy groups -OCH3 is 1. The van der Waals surface area contributed by atoms with Crippen LogP contribution in [-0.4, -0.2) is 29.7 Å². The maximum absolute atomic E-state index is 14.3. The standard InChI is InChI=1S/C14H15F2N3O2S/c1-21-11(20)14-5-10(14)13(6-15,19-12(18)22-14)8-4-7(17)2-3-9(8)16/h2-4,10H,5-6,17H2,1H3,(H2,18,19)/t10?,13-,14-/m1/s1. The number of hydrogen-bond donors (Lipinski definition) is 2. The Hall–Kier alpha value is -1.83. The Balaban J connectivity index is 2.16. The van der Waals surface area contributed by atoms with E-state index in [-0.39, 0.29) is 10.7 Å². The molecule has 1 aliphatic carbocycles. The number of nitrogens with zero attached hydrogens (tertiary/aromatic N) is 1. The lowest BCUT2D eigenvalue weighted by Crippen LogP contribution is -2.43. The number of amidine groups is 1. The average Bonchev–Trinajstić information content (AvgIpc) is 3.24. The van der Waals surface area contributed by atoms with Gasteiger partial charge in [0.05, 0.1) is 7.11 Å². The van der Waals surface area contributed by atoms with Gasteiger partial charge in [0, 0.05) is 17.2 Å². The first-order chi connectivity index (χ1) is 10.4. The fraction of sp³-hybridized carbons (Fsp3) is 0.429. The van der Waals surface area contributed by atoms with Gasteiger partial charge in [-0.25, -0.2) is 13.8 Å². The van der Waals surface area contributed by atoms with E-state index in [2.05, 4.69) is 4.99 Å². The number of thioether (sulfide) groups is 1. The van der Waals surface area contributed by atoms with Gasteiger partial charge in [0.15, 0.2) is 5.17 Å². The molecule has 1 aliphatic heterocycles. The van der Waals surface area contributed by atoms with Gasteiger partial charge < -0.3 is 16.2 Å². The minimum absolute atomic E-state index is 0.0222. The minimum Gasteiger partial charge on any atom is -0.468 e. The second-order valence-electron chi connectivity index (χ2n) is 5.49. The molecule has 0 spiro atoms. The topological polar surface area (TPSA) is 90.7 Å². The fourth-order valence-electron chi connectivity index (χ4n) is 3.15. The zero-order valence-electron chi connectivity index (χ0n) is 11.8. The Morgan fingerprint density at radius 1 is 1.55 bits per heavy atom. The van der Waals surface area contributed by atoms with E-state index in [0.29, 0.717) is 12.1 Å². The maximum atomic E-state index is 14.3. The van der Waals surface area contributed by atoms with Crippen LogP contribution in [0.25, 0.3) is 0 Å². The molecule has 0 amide bonds. The molecule has 1 unspecified atom stereocenters. The van der Waals surface area contributed by atoms with E-state index in [9.17, 15) is 13.6 Å². The van der Waals surface area contributed by atoms with E-state index < -0.39 is 34.7 Å². The number of nitrogens with two attached hydrogens (primary N) is 2. The van der Waals surface area contributed by atoms with Crippen molar-refractivity contribution in [2.45, 2.75) is 16.7 Å². The summed E-state index contributed by atoms with van der Waals surface area (Å²) < 4.78 is 32.0. The molecule has 0 bridgehead atoms. The van der Waals surface area contributed by atoms with Crippen LogP contribution in [-0.2, 0) is 15.1 Å². The van der Waals surface area contributed by atoms with E-state index >= 15 is 0 Å². The number of ether oxygens (including phenoxy) is 1. The number of halogens is 2. The summed E-state index contributed by atoms with van der Waals surface area (Å²) in [6.45, 7) is -0.974. The summed E-state index contributed by atoms with van der Waals surface area (Å²) in [5.41, 5.74) is 10.3. The molecule has 1 aromatic carbocycles. The third kappa shape index (κ3) is 1.89. The number of nitrogen functional groups attached to an aromatic ring is 1. The summed E-state index contributed by atoms with van der Waals surface area (Å²) in [6.07, 6.45) is 0.326.